The number of hydrogen-bond donors (Lipinski definition) is 0. The summed E-state index contributed by atoms with van der Waals surface area (Å²) in [5.74, 6) is -0.447. The van der Waals surface area contributed by atoms with E-state index in [4.69, 9.17) is 4.74 Å². The molecule has 28 heavy (non-hydrogen) atoms. The number of methoxy groups -OCH3 is 2. The van der Waals surface area contributed by atoms with E-state index in [1.54, 1.807) is 31.4 Å². The van der Waals surface area contributed by atoms with Crippen LogP contribution in [0.5, 0.6) is 0 Å². The fraction of sp³-hybridized carbons (Fsp3) is 0.211. The Balaban J connectivity index is 1.90. The van der Waals surface area contributed by atoms with Crippen molar-refractivity contribution in [2.24, 2.45) is 0 Å². The maximum absolute atomic E-state index is 13.0. The number of esters is 1. The minimum absolute atomic E-state index is 0.292. The van der Waals surface area contributed by atoms with Crippen LogP contribution >= 0.6 is 11.3 Å². The number of nitrogens with zero attached hydrogens (tertiary/aromatic N) is 4. The topological polar surface area (TPSA) is 96.2 Å². The second-order valence-electron chi connectivity index (χ2n) is 6.16. The van der Waals surface area contributed by atoms with Gasteiger partial charge in [-0.2, -0.15) is 4.68 Å². The number of rotatable bonds is 4. The summed E-state index contributed by atoms with van der Waals surface area (Å²) in [5, 5.41) is 9.18. The monoisotopic (exact) mass is 396 g/mol. The van der Waals surface area contributed by atoms with Crippen LogP contribution in [0.2, 0.25) is 0 Å². The number of aryl methyl sites for hydroxylation is 1. The molecule has 0 spiro atoms. The minimum Gasteiger partial charge on any atom is -0.465 e. The van der Waals surface area contributed by atoms with E-state index in [0.29, 0.717) is 28.1 Å². The van der Waals surface area contributed by atoms with Gasteiger partial charge in [0, 0.05) is 18.2 Å². The summed E-state index contributed by atoms with van der Waals surface area (Å²) >= 11 is 1.29. The quantitative estimate of drug-likeness (QED) is 0.489. The Hall–Kier alpha value is -3.17. The molecule has 0 aliphatic rings. The molecule has 0 aliphatic carbocycles. The van der Waals surface area contributed by atoms with Gasteiger partial charge in [0.25, 0.3) is 5.56 Å². The third kappa shape index (κ3) is 2.94. The molecule has 142 valence electrons. The normalized spacial score (nSPS) is 11.2. The van der Waals surface area contributed by atoms with Gasteiger partial charge in [0.1, 0.15) is 15.0 Å². The fourth-order valence-corrected chi connectivity index (χ4v) is 4.18. The number of fused-ring (bicyclic) bond motifs is 3. The van der Waals surface area contributed by atoms with Gasteiger partial charge in [0.15, 0.2) is 0 Å². The predicted octanol–water partition coefficient (Wildman–Crippen LogP) is 2.63. The standard InChI is InChI=1S/C19H16N4O4S/c1-10-8-12(9-26-2)14-15-16(28-17(14)20-10)18(24)23(22-21-15)13-6-4-11(5-7-13)19(25)27-3/h4-8H,9H2,1-3H3. The summed E-state index contributed by atoms with van der Waals surface area (Å²) in [6.45, 7) is 2.29. The summed E-state index contributed by atoms with van der Waals surface area (Å²) in [6.07, 6.45) is 0. The largest absolute Gasteiger partial charge is 0.465 e. The summed E-state index contributed by atoms with van der Waals surface area (Å²) in [7, 11) is 2.93. The molecule has 0 saturated carbocycles. The molecule has 0 amide bonds. The second kappa shape index (κ2) is 7.10. The SMILES string of the molecule is COCc1cc(C)nc2sc3c(=O)n(-c4ccc(C(=O)OC)cc4)nnc3c12. The molecule has 1 aromatic carbocycles. The lowest BCUT2D eigenvalue weighted by atomic mass is 10.1. The van der Waals surface area contributed by atoms with Gasteiger partial charge in [-0.15, -0.1) is 16.4 Å². The van der Waals surface area contributed by atoms with Crippen LogP contribution in [0.3, 0.4) is 0 Å². The van der Waals surface area contributed by atoms with Gasteiger partial charge < -0.3 is 9.47 Å². The Kier molecular flexibility index (Phi) is 4.62. The van der Waals surface area contributed by atoms with Crippen molar-refractivity contribution in [2.75, 3.05) is 14.2 Å². The van der Waals surface area contributed by atoms with Crippen molar-refractivity contribution < 1.29 is 14.3 Å². The summed E-state index contributed by atoms with van der Waals surface area (Å²) < 4.78 is 11.6. The molecule has 0 fully saturated rings. The molecule has 9 heteroatoms. The lowest BCUT2D eigenvalue weighted by Gasteiger charge is -2.05. The van der Waals surface area contributed by atoms with Crippen LogP contribution in [0, 0.1) is 6.92 Å². The fourth-order valence-electron chi connectivity index (χ4n) is 3.06. The molecule has 0 aliphatic heterocycles. The lowest BCUT2D eigenvalue weighted by Crippen LogP contribution is -2.21. The zero-order valence-corrected chi connectivity index (χ0v) is 16.2. The van der Waals surface area contributed by atoms with Gasteiger partial charge in [-0.1, -0.05) is 5.21 Å². The van der Waals surface area contributed by atoms with E-state index < -0.39 is 5.97 Å². The molecule has 3 heterocycles. The highest BCUT2D eigenvalue weighted by Gasteiger charge is 2.18. The van der Waals surface area contributed by atoms with Gasteiger partial charge in [0.2, 0.25) is 0 Å². The zero-order valence-electron chi connectivity index (χ0n) is 15.4. The lowest BCUT2D eigenvalue weighted by molar-refractivity contribution is 0.0600. The van der Waals surface area contributed by atoms with E-state index >= 15 is 0 Å². The first-order valence-corrected chi connectivity index (χ1v) is 9.21. The maximum Gasteiger partial charge on any atom is 0.337 e. The van der Waals surface area contributed by atoms with Crippen LogP contribution < -0.4 is 5.56 Å². The third-order valence-corrected chi connectivity index (χ3v) is 5.36. The van der Waals surface area contributed by atoms with Gasteiger partial charge in [0.05, 0.1) is 25.0 Å². The second-order valence-corrected chi connectivity index (χ2v) is 7.16. The van der Waals surface area contributed by atoms with Gasteiger partial charge in [-0.3, -0.25) is 4.79 Å². The highest BCUT2D eigenvalue weighted by molar-refractivity contribution is 7.25. The van der Waals surface area contributed by atoms with Crippen molar-refractivity contribution in [3.8, 4) is 5.69 Å². The molecule has 0 bridgehead atoms. The number of pyridine rings is 1. The van der Waals surface area contributed by atoms with E-state index in [0.717, 1.165) is 21.5 Å². The average molecular weight is 396 g/mol. The van der Waals surface area contributed by atoms with E-state index in [2.05, 4.69) is 20.0 Å². The Morgan fingerprint density at radius 2 is 1.96 bits per heavy atom. The van der Waals surface area contributed by atoms with Crippen molar-refractivity contribution in [3.63, 3.8) is 0 Å². The summed E-state index contributed by atoms with van der Waals surface area (Å²) in [4.78, 5) is 29.9. The highest BCUT2D eigenvalue weighted by Crippen LogP contribution is 2.32. The van der Waals surface area contributed by atoms with Crippen molar-refractivity contribution in [3.05, 3.63) is 57.5 Å². The number of carbonyl (C=O) groups excluding carboxylic acids is 1. The average Bonchev–Trinajstić information content (AvgIpc) is 3.07. The number of hydrogen-bond acceptors (Lipinski definition) is 8. The first-order chi connectivity index (χ1) is 13.5. The first kappa shape index (κ1) is 18.2. The molecule has 0 N–H and O–H groups in total. The van der Waals surface area contributed by atoms with Crippen molar-refractivity contribution in [1.82, 2.24) is 20.0 Å². The van der Waals surface area contributed by atoms with Crippen LogP contribution in [0.15, 0.2) is 35.1 Å². The summed E-state index contributed by atoms with van der Waals surface area (Å²) in [5.41, 5.74) is 2.89. The van der Waals surface area contributed by atoms with Crippen molar-refractivity contribution in [1.29, 1.82) is 0 Å². The molecule has 0 radical (unpaired) electrons. The van der Waals surface area contributed by atoms with E-state index in [1.165, 1.54) is 23.1 Å². The van der Waals surface area contributed by atoms with Gasteiger partial charge in [-0.25, -0.2) is 9.78 Å². The van der Waals surface area contributed by atoms with Crippen molar-refractivity contribution in [2.45, 2.75) is 13.5 Å². The first-order valence-electron chi connectivity index (χ1n) is 8.40. The molecular weight excluding hydrogens is 380 g/mol. The smallest absolute Gasteiger partial charge is 0.337 e. The van der Waals surface area contributed by atoms with E-state index in [-0.39, 0.29) is 5.56 Å². The molecule has 4 aromatic rings. The molecular formula is C19H16N4O4S. The number of carbonyl (C=O) groups is 1. The van der Waals surface area contributed by atoms with Crippen LogP contribution in [-0.4, -0.2) is 40.2 Å². The van der Waals surface area contributed by atoms with Gasteiger partial charge >= 0.3 is 5.97 Å². The van der Waals surface area contributed by atoms with Gasteiger partial charge in [-0.05, 0) is 42.8 Å². The number of benzene rings is 1. The Bertz CT molecular complexity index is 1260. The molecule has 8 nitrogen and oxygen atoms in total. The number of aromatic nitrogens is 4. The van der Waals surface area contributed by atoms with E-state index in [1.807, 2.05) is 13.0 Å². The van der Waals surface area contributed by atoms with Crippen molar-refractivity contribution >= 4 is 37.7 Å². The predicted molar refractivity (Wildman–Crippen MR) is 105 cm³/mol. The van der Waals surface area contributed by atoms with Crippen LogP contribution in [0.1, 0.15) is 21.6 Å². The molecule has 3 aromatic heterocycles. The van der Waals surface area contributed by atoms with E-state index in [9.17, 15) is 9.59 Å². The Morgan fingerprint density at radius 1 is 1.21 bits per heavy atom. The zero-order chi connectivity index (χ0) is 19.8. The number of ether oxygens (including phenoxy) is 2. The minimum atomic E-state index is -0.447. The number of thiophene rings is 1. The summed E-state index contributed by atoms with van der Waals surface area (Å²) in [6, 6.07) is 8.33. The molecule has 0 unspecified atom stereocenters. The third-order valence-electron chi connectivity index (χ3n) is 4.30. The molecule has 0 atom stereocenters. The Morgan fingerprint density at radius 3 is 2.64 bits per heavy atom. The maximum atomic E-state index is 13.0. The Labute approximate surface area is 163 Å². The van der Waals surface area contributed by atoms with Crippen LogP contribution in [0.25, 0.3) is 26.1 Å². The molecule has 4 rings (SSSR count). The van der Waals surface area contributed by atoms with Crippen LogP contribution in [0.4, 0.5) is 0 Å². The molecule has 0 saturated heterocycles. The van der Waals surface area contributed by atoms with Crippen LogP contribution in [-0.2, 0) is 16.1 Å². The highest BCUT2D eigenvalue weighted by atomic mass is 32.1.